The van der Waals surface area contributed by atoms with Gasteiger partial charge in [0.1, 0.15) is 24.4 Å². The molecule has 0 aliphatic carbocycles. The second kappa shape index (κ2) is 47.8. The van der Waals surface area contributed by atoms with Gasteiger partial charge in [0.25, 0.3) is 0 Å². The van der Waals surface area contributed by atoms with Gasteiger partial charge >= 0.3 is 5.97 Å². The summed E-state index contributed by atoms with van der Waals surface area (Å²) in [4.78, 5) is 26.4. The molecular formula is C60H103NO10. The van der Waals surface area contributed by atoms with Gasteiger partial charge in [-0.3, -0.25) is 9.59 Å². The van der Waals surface area contributed by atoms with Crippen LogP contribution < -0.4 is 5.32 Å². The Hall–Kier alpha value is -3.16. The Morgan fingerprint density at radius 2 is 1.07 bits per heavy atom. The zero-order valence-corrected chi connectivity index (χ0v) is 44.8. The first-order chi connectivity index (χ1) is 34.7. The predicted molar refractivity (Wildman–Crippen MR) is 292 cm³/mol. The number of esters is 1. The highest BCUT2D eigenvalue weighted by molar-refractivity contribution is 5.80. The maximum absolute atomic E-state index is 13.4. The minimum absolute atomic E-state index is 0.0927. The summed E-state index contributed by atoms with van der Waals surface area (Å²) in [7, 11) is 0. The van der Waals surface area contributed by atoms with Gasteiger partial charge in [-0.15, -0.1) is 0 Å². The number of amides is 1. The standard InChI is InChI=1S/C60H103NO10/c1-4-7-10-13-16-19-22-24-26-27-28-30-33-36-39-42-45-48-55(65)71-58-57(67)56(66)54(49-62)70-60(58)69-50-51(52(63)46-43-40-37-34-31-21-18-15-12-9-6-3)61-59(68)53(64)47-44-41-38-35-32-29-25-23-20-17-14-11-8-5-2/h8,11,14,16-17,19-20,23-24,26,28,30,43,46,51-54,56-58,60,62-64,66-67H,4-7,9-10,12-13,15,18,21-22,25,27,29,31-42,44-45,47-50H2,1-3H3,(H,61,68)/b11-8+,17-14+,19-16-,23-20+,26-24-,30-28-,46-43+. The van der Waals surface area contributed by atoms with Crippen LogP contribution in [-0.4, -0.2) is 99.6 Å². The molecule has 8 unspecified atom stereocenters. The maximum Gasteiger partial charge on any atom is 0.306 e. The molecule has 1 heterocycles. The highest BCUT2D eigenvalue weighted by Gasteiger charge is 2.47. The Balaban J connectivity index is 2.75. The van der Waals surface area contributed by atoms with Gasteiger partial charge in [-0.1, -0.05) is 215 Å². The zero-order valence-electron chi connectivity index (χ0n) is 44.8. The maximum atomic E-state index is 13.4. The number of unbranched alkanes of at least 4 members (excludes halogenated alkanes) is 22. The van der Waals surface area contributed by atoms with Crippen LogP contribution in [0.1, 0.15) is 220 Å². The van der Waals surface area contributed by atoms with Crippen molar-refractivity contribution in [2.45, 2.75) is 269 Å². The van der Waals surface area contributed by atoms with Crippen LogP contribution in [-0.2, 0) is 23.8 Å². The van der Waals surface area contributed by atoms with Crippen LogP contribution in [0, 0.1) is 0 Å². The minimum atomic E-state index is -1.63. The zero-order chi connectivity index (χ0) is 51.8. The third-order valence-electron chi connectivity index (χ3n) is 12.8. The van der Waals surface area contributed by atoms with E-state index < -0.39 is 67.4 Å². The van der Waals surface area contributed by atoms with Crippen molar-refractivity contribution in [1.82, 2.24) is 5.32 Å². The molecule has 6 N–H and O–H groups in total. The lowest BCUT2D eigenvalue weighted by Gasteiger charge is -2.41. The van der Waals surface area contributed by atoms with Crippen LogP contribution in [0.3, 0.4) is 0 Å². The van der Waals surface area contributed by atoms with Crippen molar-refractivity contribution in [1.29, 1.82) is 0 Å². The Morgan fingerprint density at radius 3 is 1.66 bits per heavy atom. The highest BCUT2D eigenvalue weighted by atomic mass is 16.7. The second-order valence-corrected chi connectivity index (χ2v) is 19.3. The van der Waals surface area contributed by atoms with E-state index in [0.717, 1.165) is 116 Å². The fourth-order valence-corrected chi connectivity index (χ4v) is 8.30. The molecule has 11 nitrogen and oxygen atoms in total. The Morgan fingerprint density at radius 1 is 0.577 bits per heavy atom. The van der Waals surface area contributed by atoms with Gasteiger partial charge in [0, 0.05) is 6.42 Å². The van der Waals surface area contributed by atoms with E-state index in [9.17, 15) is 35.1 Å². The molecule has 11 heteroatoms. The third kappa shape index (κ3) is 36.4. The number of carbonyl (C=O) groups excluding carboxylic acids is 2. The molecule has 1 fully saturated rings. The van der Waals surface area contributed by atoms with Gasteiger partial charge in [-0.2, -0.15) is 0 Å². The number of ether oxygens (including phenoxy) is 3. The van der Waals surface area contributed by atoms with Crippen molar-refractivity contribution >= 4 is 11.9 Å². The fraction of sp³-hybridized carbons (Fsp3) is 0.733. The smallest absolute Gasteiger partial charge is 0.306 e. The Bertz CT molecular complexity index is 1470. The van der Waals surface area contributed by atoms with E-state index in [2.05, 4.69) is 86.8 Å². The van der Waals surface area contributed by atoms with E-state index >= 15 is 0 Å². The Labute approximate surface area is 432 Å². The van der Waals surface area contributed by atoms with Crippen LogP contribution in [0.2, 0.25) is 0 Å². The summed E-state index contributed by atoms with van der Waals surface area (Å²) < 4.78 is 17.5. The van der Waals surface area contributed by atoms with E-state index in [0.29, 0.717) is 12.8 Å². The van der Waals surface area contributed by atoms with Gasteiger partial charge in [-0.25, -0.2) is 0 Å². The molecule has 1 amide bonds. The van der Waals surface area contributed by atoms with Crippen molar-refractivity contribution in [3.05, 3.63) is 85.1 Å². The average molecular weight is 998 g/mol. The molecule has 408 valence electrons. The van der Waals surface area contributed by atoms with Crippen molar-refractivity contribution in [3.63, 3.8) is 0 Å². The van der Waals surface area contributed by atoms with E-state index in [1.165, 1.54) is 57.8 Å². The molecular weight excluding hydrogens is 895 g/mol. The number of allylic oxidation sites excluding steroid dienone is 13. The van der Waals surface area contributed by atoms with Gasteiger partial charge in [0.15, 0.2) is 12.4 Å². The predicted octanol–water partition coefficient (Wildman–Crippen LogP) is 12.6. The molecule has 0 saturated carbocycles. The van der Waals surface area contributed by atoms with Crippen molar-refractivity contribution in [2.24, 2.45) is 0 Å². The van der Waals surface area contributed by atoms with Gasteiger partial charge < -0.3 is 45.1 Å². The average Bonchev–Trinajstić information content (AvgIpc) is 3.37. The molecule has 0 aromatic rings. The lowest BCUT2D eigenvalue weighted by molar-refractivity contribution is -0.305. The molecule has 1 aliphatic heterocycles. The van der Waals surface area contributed by atoms with Crippen LogP contribution in [0.25, 0.3) is 0 Å². The number of nitrogens with one attached hydrogen (secondary N) is 1. The lowest BCUT2D eigenvalue weighted by Crippen LogP contribution is -2.61. The SMILES string of the molecule is CC/C=C/C=C/C=C/CCCCCCCCC(O)C(=O)NC(COC1OC(CO)C(O)C(O)C1OC(=O)CCCCCC/C=C\C/C=C\C/C=C\CCCCC)C(O)/C=C/CCCCCCCCCCC. The molecule has 1 saturated heterocycles. The molecule has 71 heavy (non-hydrogen) atoms. The van der Waals surface area contributed by atoms with E-state index in [4.69, 9.17) is 14.2 Å². The summed E-state index contributed by atoms with van der Waals surface area (Å²) in [6, 6.07) is -1.04. The van der Waals surface area contributed by atoms with Crippen LogP contribution in [0.4, 0.5) is 0 Å². The minimum Gasteiger partial charge on any atom is -0.454 e. The number of aliphatic hydroxyl groups excluding tert-OH is 5. The van der Waals surface area contributed by atoms with Crippen molar-refractivity contribution in [3.8, 4) is 0 Å². The second-order valence-electron chi connectivity index (χ2n) is 19.3. The third-order valence-corrected chi connectivity index (χ3v) is 12.8. The van der Waals surface area contributed by atoms with Crippen LogP contribution in [0.5, 0.6) is 0 Å². The monoisotopic (exact) mass is 998 g/mol. The molecule has 8 atom stereocenters. The summed E-state index contributed by atoms with van der Waals surface area (Å²) in [5.41, 5.74) is 0. The molecule has 0 spiro atoms. The van der Waals surface area contributed by atoms with Crippen molar-refractivity contribution < 1.29 is 49.3 Å². The van der Waals surface area contributed by atoms with Gasteiger partial charge in [-0.05, 0) is 83.5 Å². The number of hydrogen-bond donors (Lipinski definition) is 6. The summed E-state index contributed by atoms with van der Waals surface area (Å²) in [6.07, 6.45) is 50.5. The first-order valence-corrected chi connectivity index (χ1v) is 28.4. The first kappa shape index (κ1) is 65.9. The molecule has 0 aromatic carbocycles. The van der Waals surface area contributed by atoms with E-state index in [1.807, 2.05) is 18.2 Å². The molecule has 0 radical (unpaired) electrons. The van der Waals surface area contributed by atoms with Gasteiger partial charge in [0.2, 0.25) is 5.91 Å². The molecule has 1 aliphatic rings. The molecule has 0 bridgehead atoms. The Kier molecular flexibility index (Phi) is 44.4. The van der Waals surface area contributed by atoms with Crippen LogP contribution >= 0.6 is 0 Å². The largest absolute Gasteiger partial charge is 0.454 e. The van der Waals surface area contributed by atoms with Gasteiger partial charge in [0.05, 0.1) is 25.4 Å². The first-order valence-electron chi connectivity index (χ1n) is 28.4. The topological polar surface area (TPSA) is 175 Å². The summed E-state index contributed by atoms with van der Waals surface area (Å²) in [6.45, 7) is 5.58. The number of aliphatic hydroxyl groups is 5. The number of hydrogen-bond acceptors (Lipinski definition) is 10. The fourth-order valence-electron chi connectivity index (χ4n) is 8.30. The normalized spacial score (nSPS) is 20.3. The summed E-state index contributed by atoms with van der Waals surface area (Å²) in [5.74, 6) is -1.24. The molecule has 0 aromatic heterocycles. The highest BCUT2D eigenvalue weighted by Crippen LogP contribution is 2.26. The summed E-state index contributed by atoms with van der Waals surface area (Å²) >= 11 is 0. The van der Waals surface area contributed by atoms with E-state index in [-0.39, 0.29) is 19.4 Å². The number of carbonyl (C=O) groups is 2. The van der Waals surface area contributed by atoms with Crippen LogP contribution in [0.15, 0.2) is 85.1 Å². The molecule has 1 rings (SSSR count). The summed E-state index contributed by atoms with van der Waals surface area (Å²) in [5, 5.41) is 56.7. The van der Waals surface area contributed by atoms with E-state index in [1.54, 1.807) is 6.08 Å². The van der Waals surface area contributed by atoms with Crippen molar-refractivity contribution in [2.75, 3.05) is 13.2 Å². The lowest BCUT2D eigenvalue weighted by atomic mass is 9.99. The quantitative estimate of drug-likeness (QED) is 0.0149. The number of rotatable bonds is 46.